The van der Waals surface area contributed by atoms with Crippen molar-refractivity contribution in [3.63, 3.8) is 0 Å². The molecule has 2 saturated heterocycles. The van der Waals surface area contributed by atoms with E-state index in [1.54, 1.807) is 19.2 Å². The molecule has 1 spiro atoms. The second-order valence-electron chi connectivity index (χ2n) is 10.5. The zero-order valence-electron chi connectivity index (χ0n) is 20.8. The SMILES string of the molecule is COc1ccc(C(=O)Nc2ccc(N3CC[C@]4(CCN(C(=O)OC(C)(C)C)C4)C3)cc2)c(C)c1. The summed E-state index contributed by atoms with van der Waals surface area (Å²) in [7, 11) is 1.61. The average Bonchev–Trinajstić information content (AvgIpc) is 3.40. The van der Waals surface area contributed by atoms with Gasteiger partial charge in [0.25, 0.3) is 5.91 Å². The summed E-state index contributed by atoms with van der Waals surface area (Å²) < 4.78 is 10.8. The molecule has 4 rings (SSSR count). The molecular formula is C27H35N3O4. The highest BCUT2D eigenvalue weighted by Gasteiger charge is 2.45. The van der Waals surface area contributed by atoms with Crippen molar-refractivity contribution in [3.05, 3.63) is 53.6 Å². The average molecular weight is 466 g/mol. The van der Waals surface area contributed by atoms with E-state index in [2.05, 4.69) is 22.3 Å². The van der Waals surface area contributed by atoms with Gasteiger partial charge in [-0.3, -0.25) is 4.79 Å². The van der Waals surface area contributed by atoms with Gasteiger partial charge in [0.15, 0.2) is 0 Å². The van der Waals surface area contributed by atoms with E-state index in [4.69, 9.17) is 9.47 Å². The molecule has 7 heteroatoms. The van der Waals surface area contributed by atoms with Crippen molar-refractivity contribution in [2.45, 2.75) is 46.1 Å². The van der Waals surface area contributed by atoms with Crippen LogP contribution in [0, 0.1) is 12.3 Å². The molecule has 182 valence electrons. The molecule has 0 radical (unpaired) electrons. The van der Waals surface area contributed by atoms with Gasteiger partial charge in [-0.25, -0.2) is 4.79 Å². The number of carbonyl (C=O) groups is 2. The minimum absolute atomic E-state index is 0.121. The number of hydrogen-bond acceptors (Lipinski definition) is 5. The third-order valence-electron chi connectivity index (χ3n) is 6.70. The Morgan fingerprint density at radius 2 is 1.71 bits per heavy atom. The van der Waals surface area contributed by atoms with E-state index in [-0.39, 0.29) is 17.4 Å². The fraction of sp³-hybridized carbons (Fsp3) is 0.481. The molecule has 1 N–H and O–H groups in total. The van der Waals surface area contributed by atoms with E-state index in [1.165, 1.54) is 0 Å². The summed E-state index contributed by atoms with van der Waals surface area (Å²) >= 11 is 0. The number of amides is 2. The van der Waals surface area contributed by atoms with Crippen LogP contribution in [0.5, 0.6) is 5.75 Å². The van der Waals surface area contributed by atoms with Crippen molar-refractivity contribution in [3.8, 4) is 5.75 Å². The predicted octanol–water partition coefficient (Wildman–Crippen LogP) is 5.09. The Kier molecular flexibility index (Phi) is 6.47. The summed E-state index contributed by atoms with van der Waals surface area (Å²) in [6, 6.07) is 13.4. The van der Waals surface area contributed by atoms with E-state index >= 15 is 0 Å². The highest BCUT2D eigenvalue weighted by atomic mass is 16.6. The maximum Gasteiger partial charge on any atom is 0.410 e. The molecule has 0 aromatic heterocycles. The fourth-order valence-corrected chi connectivity index (χ4v) is 4.88. The van der Waals surface area contributed by atoms with Gasteiger partial charge < -0.3 is 24.6 Å². The number of benzene rings is 2. The maximum absolute atomic E-state index is 12.7. The first-order valence-corrected chi connectivity index (χ1v) is 11.9. The maximum atomic E-state index is 12.7. The second kappa shape index (κ2) is 9.20. The summed E-state index contributed by atoms with van der Waals surface area (Å²) in [5.41, 5.74) is 3.03. The minimum Gasteiger partial charge on any atom is -0.497 e. The quantitative estimate of drug-likeness (QED) is 0.681. The summed E-state index contributed by atoms with van der Waals surface area (Å²) in [6.45, 7) is 11.0. The molecule has 2 heterocycles. The van der Waals surface area contributed by atoms with Gasteiger partial charge in [-0.15, -0.1) is 0 Å². The van der Waals surface area contributed by atoms with Crippen molar-refractivity contribution >= 4 is 23.4 Å². The lowest BCUT2D eigenvalue weighted by Crippen LogP contribution is -2.37. The molecule has 2 aliphatic heterocycles. The lowest BCUT2D eigenvalue weighted by atomic mass is 9.86. The van der Waals surface area contributed by atoms with E-state index in [1.807, 2.05) is 50.8 Å². The number of methoxy groups -OCH3 is 1. The van der Waals surface area contributed by atoms with Crippen molar-refractivity contribution in [1.82, 2.24) is 4.90 Å². The number of aryl methyl sites for hydroxylation is 1. The van der Waals surface area contributed by atoms with Crippen LogP contribution in [0.15, 0.2) is 42.5 Å². The standard InChI is InChI=1S/C27H35N3O4/c1-19-16-22(33-5)10-11-23(19)24(31)28-20-6-8-21(9-7-20)29-14-12-27(17-29)13-15-30(18-27)25(32)34-26(2,3)4/h6-11,16H,12-15,17-18H2,1-5H3,(H,28,31)/t27-/m0/s1. The number of anilines is 2. The lowest BCUT2D eigenvalue weighted by Gasteiger charge is -2.27. The molecule has 34 heavy (non-hydrogen) atoms. The number of nitrogens with zero attached hydrogens (tertiary/aromatic N) is 2. The topological polar surface area (TPSA) is 71.1 Å². The Morgan fingerprint density at radius 1 is 1.00 bits per heavy atom. The smallest absolute Gasteiger partial charge is 0.410 e. The van der Waals surface area contributed by atoms with Crippen molar-refractivity contribution < 1.29 is 19.1 Å². The van der Waals surface area contributed by atoms with Gasteiger partial charge in [-0.2, -0.15) is 0 Å². The zero-order chi connectivity index (χ0) is 24.5. The number of ether oxygens (including phenoxy) is 2. The van der Waals surface area contributed by atoms with Crippen LogP contribution in [0.3, 0.4) is 0 Å². The van der Waals surface area contributed by atoms with Crippen LogP contribution >= 0.6 is 0 Å². The van der Waals surface area contributed by atoms with E-state index in [0.29, 0.717) is 5.56 Å². The lowest BCUT2D eigenvalue weighted by molar-refractivity contribution is 0.0276. The van der Waals surface area contributed by atoms with Gasteiger partial charge in [-0.1, -0.05) is 0 Å². The Morgan fingerprint density at radius 3 is 2.35 bits per heavy atom. The molecule has 0 unspecified atom stereocenters. The Balaban J connectivity index is 1.35. The molecule has 2 aliphatic rings. The molecule has 2 aromatic rings. The van der Waals surface area contributed by atoms with Gasteiger partial charge in [-0.05, 0) is 88.6 Å². The Labute approximate surface area is 202 Å². The largest absolute Gasteiger partial charge is 0.497 e. The summed E-state index contributed by atoms with van der Waals surface area (Å²) in [5, 5.41) is 2.98. The van der Waals surface area contributed by atoms with Crippen LogP contribution in [0.2, 0.25) is 0 Å². The van der Waals surface area contributed by atoms with Crippen LogP contribution in [0.1, 0.15) is 49.5 Å². The van der Waals surface area contributed by atoms with Gasteiger partial charge in [0.1, 0.15) is 11.4 Å². The number of rotatable bonds is 4. The van der Waals surface area contributed by atoms with Crippen LogP contribution in [-0.4, -0.2) is 55.8 Å². The number of likely N-dealkylation sites (tertiary alicyclic amines) is 1. The third kappa shape index (κ3) is 5.29. The summed E-state index contributed by atoms with van der Waals surface area (Å²) in [5.74, 6) is 0.597. The number of nitrogens with one attached hydrogen (secondary N) is 1. The summed E-state index contributed by atoms with van der Waals surface area (Å²) in [6.07, 6.45) is 1.84. The summed E-state index contributed by atoms with van der Waals surface area (Å²) in [4.78, 5) is 29.4. The van der Waals surface area contributed by atoms with Crippen LogP contribution in [-0.2, 0) is 4.74 Å². The molecule has 0 aliphatic carbocycles. The molecular weight excluding hydrogens is 430 g/mol. The normalized spacial score (nSPS) is 20.0. The minimum atomic E-state index is -0.474. The van der Waals surface area contributed by atoms with Gasteiger partial charge in [0.05, 0.1) is 7.11 Å². The first kappa shape index (κ1) is 23.9. The predicted molar refractivity (Wildman–Crippen MR) is 134 cm³/mol. The molecule has 2 amide bonds. The second-order valence-corrected chi connectivity index (χ2v) is 10.5. The zero-order valence-corrected chi connectivity index (χ0v) is 20.8. The molecule has 0 bridgehead atoms. The molecule has 1 atom stereocenters. The first-order valence-electron chi connectivity index (χ1n) is 11.9. The first-order chi connectivity index (χ1) is 16.1. The molecule has 0 saturated carbocycles. The van der Waals surface area contributed by atoms with Crippen LogP contribution < -0.4 is 15.0 Å². The number of hydrogen-bond donors (Lipinski definition) is 1. The Hall–Kier alpha value is -3.22. The monoisotopic (exact) mass is 465 g/mol. The van der Waals surface area contributed by atoms with Crippen LogP contribution in [0.25, 0.3) is 0 Å². The van der Waals surface area contributed by atoms with E-state index in [9.17, 15) is 9.59 Å². The van der Waals surface area contributed by atoms with Gasteiger partial charge in [0.2, 0.25) is 0 Å². The number of carbonyl (C=O) groups excluding carboxylic acids is 2. The van der Waals surface area contributed by atoms with Crippen LogP contribution in [0.4, 0.5) is 16.2 Å². The van der Waals surface area contributed by atoms with Gasteiger partial charge >= 0.3 is 6.09 Å². The highest BCUT2D eigenvalue weighted by molar-refractivity contribution is 6.05. The Bertz CT molecular complexity index is 1060. The molecule has 2 fully saturated rings. The highest BCUT2D eigenvalue weighted by Crippen LogP contribution is 2.41. The van der Waals surface area contributed by atoms with E-state index in [0.717, 1.165) is 61.7 Å². The van der Waals surface area contributed by atoms with Crippen molar-refractivity contribution in [1.29, 1.82) is 0 Å². The van der Waals surface area contributed by atoms with Crippen molar-refractivity contribution in [2.24, 2.45) is 5.41 Å². The van der Waals surface area contributed by atoms with Crippen molar-refractivity contribution in [2.75, 3.05) is 43.5 Å². The molecule has 2 aromatic carbocycles. The van der Waals surface area contributed by atoms with E-state index < -0.39 is 5.60 Å². The third-order valence-corrected chi connectivity index (χ3v) is 6.70. The van der Waals surface area contributed by atoms with Gasteiger partial charge in [0, 0.05) is 48.5 Å². The molecule has 7 nitrogen and oxygen atoms in total. The fourth-order valence-electron chi connectivity index (χ4n) is 4.88.